The minimum atomic E-state index is -2.17. The fourth-order valence-corrected chi connectivity index (χ4v) is 0. The maximum absolute atomic E-state index is 7.17. The molecule has 0 aliphatic carbocycles. The van der Waals surface area contributed by atoms with Crippen LogP contribution in [-0.2, 0) is 0 Å². The molecule has 13 nitrogen and oxygen atoms in total. The first-order valence-corrected chi connectivity index (χ1v) is 3.10. The molecule has 0 spiro atoms. The van der Waals surface area contributed by atoms with Gasteiger partial charge < -0.3 is 65.8 Å². The molecule has 18 heavy (non-hydrogen) atoms. The fourth-order valence-electron chi connectivity index (χ4n) is 0. The third-order valence-corrected chi connectivity index (χ3v) is 0. The van der Waals surface area contributed by atoms with Crippen LogP contribution in [0.2, 0.25) is 0 Å². The van der Waals surface area contributed by atoms with E-state index in [2.05, 4.69) is 0 Å². The van der Waals surface area contributed by atoms with Gasteiger partial charge in [0.1, 0.15) is 0 Å². The van der Waals surface area contributed by atoms with E-state index in [1.807, 2.05) is 0 Å². The van der Waals surface area contributed by atoms with E-state index in [1.54, 1.807) is 0 Å². The van der Waals surface area contributed by atoms with Gasteiger partial charge in [-0.05, 0) is 0 Å². The molecule has 0 fully saturated rings. The van der Waals surface area contributed by atoms with Crippen LogP contribution in [0.1, 0.15) is 0 Å². The zero-order chi connectivity index (χ0) is 14.3. The van der Waals surface area contributed by atoms with Gasteiger partial charge >= 0.3 is 48.1 Å². The van der Waals surface area contributed by atoms with Gasteiger partial charge in [-0.1, -0.05) is 0 Å². The van der Waals surface area contributed by atoms with Gasteiger partial charge in [-0.3, -0.25) is 0 Å². The third kappa shape index (κ3) is 33800. The fraction of sp³-hybridized carbons (Fsp3) is 0. The molecule has 0 aromatic rings. The summed E-state index contributed by atoms with van der Waals surface area (Å²) >= 11 is 0. The maximum atomic E-state index is 7.17. The Bertz CT molecular complexity index is 62.0. The molecule has 18 heteroatoms. The second-order valence-corrected chi connectivity index (χ2v) is 1.39. The number of hydrogen-bond acceptors (Lipinski definition) is 13. The average molecular weight is 271 g/mol. The van der Waals surface area contributed by atoms with Crippen LogP contribution in [0.4, 0.5) is 0 Å². The molecule has 0 aliphatic rings. The van der Waals surface area contributed by atoms with Crippen molar-refractivity contribution in [3.05, 3.63) is 0 Å². The predicted molar refractivity (Wildman–Crippen MR) is 51.6 cm³/mol. The van der Waals surface area contributed by atoms with E-state index in [-0.39, 0.29) is 24.3 Å². The van der Waals surface area contributed by atoms with Crippen LogP contribution >= 0.6 is 0 Å². The molecule has 0 amide bonds. The second-order valence-electron chi connectivity index (χ2n) is 1.39. The Morgan fingerprint density at radius 2 is 0.333 bits per heavy atom. The topological polar surface area (TPSA) is 273 Å². The zero-order valence-electron chi connectivity index (χ0n) is 9.12. The Morgan fingerprint density at radius 3 is 0.333 bits per heavy atom. The molecule has 0 atom stereocenters. The Hall–Kier alpha value is 0.337. The molecule has 0 aromatic heterocycles. The van der Waals surface area contributed by atoms with E-state index in [9.17, 15) is 0 Å². The molecule has 0 radical (unpaired) electrons. The first kappa shape index (κ1) is 36.2. The van der Waals surface area contributed by atoms with E-state index >= 15 is 0 Å². The first-order valence-electron chi connectivity index (χ1n) is 3.10. The predicted octanol–water partition coefficient (Wildman–Crippen LogP) is -11.4. The van der Waals surface area contributed by atoms with Crippen molar-refractivity contribution >= 4 is 29.3 Å². The van der Waals surface area contributed by atoms with Gasteiger partial charge in [0, 0.05) is 0 Å². The molecule has 0 saturated heterocycles. The monoisotopic (exact) mass is 272 g/mol. The van der Waals surface area contributed by atoms with Crippen molar-refractivity contribution in [3.63, 3.8) is 0 Å². The van der Waals surface area contributed by atoms with Crippen molar-refractivity contribution in [2.45, 2.75) is 0 Å². The molecular formula is H13B4LiO13. The summed E-state index contributed by atoms with van der Waals surface area (Å²) in [5, 5.41) is 86.0. The number of rotatable bonds is 0. The van der Waals surface area contributed by atoms with Crippen molar-refractivity contribution in [1.82, 2.24) is 0 Å². The smallest absolute Gasteiger partial charge is 0.870 e. The summed E-state index contributed by atoms with van der Waals surface area (Å²) in [6.45, 7) is 0. The van der Waals surface area contributed by atoms with Crippen molar-refractivity contribution in [2.75, 3.05) is 0 Å². The Kier molecular flexibility index (Phi) is 61.2. The summed E-state index contributed by atoms with van der Waals surface area (Å²) in [4.78, 5) is 0. The van der Waals surface area contributed by atoms with E-state index in [1.165, 1.54) is 0 Å². The zero-order valence-corrected chi connectivity index (χ0v) is 9.12. The van der Waals surface area contributed by atoms with Crippen molar-refractivity contribution in [1.29, 1.82) is 0 Å². The van der Waals surface area contributed by atoms with Crippen LogP contribution in [-0.4, -0.2) is 95.0 Å². The molecule has 104 valence electrons. The van der Waals surface area contributed by atoms with Crippen LogP contribution in [0.15, 0.2) is 0 Å². The van der Waals surface area contributed by atoms with E-state index in [0.717, 1.165) is 0 Å². The standard InChI is InChI=1S/4BH3O3.Li.H2O/c4*2-1(3)4;;/h4*2-4H;;1H2/q;;;;+1;/p-1. The third-order valence-electron chi connectivity index (χ3n) is 0. The SMILES string of the molecule is OB(O)O.OB(O)O.OB(O)O.OB(O)O.[Li+].[OH-]. The van der Waals surface area contributed by atoms with Crippen LogP contribution in [0.5, 0.6) is 0 Å². The van der Waals surface area contributed by atoms with Gasteiger partial charge in [-0.25, -0.2) is 0 Å². The largest absolute Gasteiger partial charge is 1.00 e. The van der Waals surface area contributed by atoms with E-state index < -0.39 is 29.3 Å². The van der Waals surface area contributed by atoms with Crippen LogP contribution in [0, 0.1) is 0 Å². The summed E-state index contributed by atoms with van der Waals surface area (Å²) in [7, 11) is -8.67. The molecule has 13 N–H and O–H groups in total. The molecule has 0 bridgehead atoms. The van der Waals surface area contributed by atoms with Gasteiger partial charge in [0.25, 0.3) is 0 Å². The van der Waals surface area contributed by atoms with Crippen LogP contribution < -0.4 is 18.9 Å². The normalized spacial score (nSPS) is 6.00. The minimum absolute atomic E-state index is 0. The van der Waals surface area contributed by atoms with Gasteiger partial charge in [-0.2, -0.15) is 0 Å². The molecule has 0 saturated carbocycles. The van der Waals surface area contributed by atoms with Crippen molar-refractivity contribution in [3.8, 4) is 0 Å². The minimum Gasteiger partial charge on any atom is -0.870 e. The van der Waals surface area contributed by atoms with E-state index in [4.69, 9.17) is 60.3 Å². The maximum Gasteiger partial charge on any atom is 1.00 e. The van der Waals surface area contributed by atoms with Gasteiger partial charge in [0.05, 0.1) is 0 Å². The summed E-state index contributed by atoms with van der Waals surface area (Å²) in [5.74, 6) is 0. The van der Waals surface area contributed by atoms with Crippen molar-refractivity contribution < 1.29 is 84.6 Å². The molecule has 0 rings (SSSR count). The number of hydrogen-bond donors (Lipinski definition) is 12. The second kappa shape index (κ2) is 30.4. The molecule has 0 unspecified atom stereocenters. The van der Waals surface area contributed by atoms with Crippen LogP contribution in [0.3, 0.4) is 0 Å². The van der Waals surface area contributed by atoms with Gasteiger partial charge in [0.15, 0.2) is 0 Å². The van der Waals surface area contributed by atoms with Gasteiger partial charge in [-0.15, -0.1) is 0 Å². The Labute approximate surface area is 114 Å². The molecule has 0 aromatic carbocycles. The molecule has 0 heterocycles. The average Bonchev–Trinajstić information content (AvgIpc) is 1.76. The van der Waals surface area contributed by atoms with E-state index in [0.29, 0.717) is 0 Å². The van der Waals surface area contributed by atoms with Crippen molar-refractivity contribution in [2.24, 2.45) is 0 Å². The Morgan fingerprint density at radius 1 is 0.333 bits per heavy atom. The Balaban J connectivity index is -0.0000000257. The summed E-state index contributed by atoms with van der Waals surface area (Å²) in [5.41, 5.74) is 0. The summed E-state index contributed by atoms with van der Waals surface area (Å²) in [6.07, 6.45) is 0. The van der Waals surface area contributed by atoms with Gasteiger partial charge in [0.2, 0.25) is 0 Å². The first-order chi connectivity index (χ1) is 6.93. The summed E-state index contributed by atoms with van der Waals surface area (Å²) < 4.78 is 0. The quantitative estimate of drug-likeness (QED) is 0.182. The molecular weight excluding hydrogens is 258 g/mol. The summed E-state index contributed by atoms with van der Waals surface area (Å²) in [6, 6.07) is 0. The van der Waals surface area contributed by atoms with Crippen LogP contribution in [0.25, 0.3) is 0 Å². The molecule has 0 aliphatic heterocycles.